The molecule has 0 aromatic heterocycles. The number of amides is 1. The van der Waals surface area contributed by atoms with E-state index < -0.39 is 5.91 Å². The second kappa shape index (κ2) is 10.9. The van der Waals surface area contributed by atoms with Crippen molar-refractivity contribution in [2.45, 2.75) is 6.61 Å². The Hall–Kier alpha value is -3.11. The van der Waals surface area contributed by atoms with Crippen molar-refractivity contribution >= 4 is 61.4 Å². The Balaban J connectivity index is 1.49. The van der Waals surface area contributed by atoms with E-state index in [0.717, 1.165) is 25.5 Å². The van der Waals surface area contributed by atoms with Crippen LogP contribution in [0.4, 0.5) is 0 Å². The average Bonchev–Trinajstić information content (AvgIpc) is 2.84. The number of phenolic OH excluding ortho intramolecular Hbond substituents is 1. The highest BCUT2D eigenvalue weighted by Crippen LogP contribution is 2.34. The number of ether oxygens (including phenoxy) is 2. The Morgan fingerprint density at radius 2 is 1.91 bits per heavy atom. The van der Waals surface area contributed by atoms with Crippen LogP contribution < -0.4 is 14.9 Å². The molecule has 0 bridgehead atoms. The predicted molar refractivity (Wildman–Crippen MR) is 145 cm³/mol. The smallest absolute Gasteiger partial charge is 0.275 e. The standard InChI is InChI=1S/C26H20BrIN2O4/c1-33-24-12-16(14-29-30-26(32)21-13-19(27)9-10-23(21)31)11-22(28)25(24)34-15-18-7-4-6-17-5-2-3-8-20(17)18/h2-14,31H,15H2,1H3,(H,30,32)/b29-14-. The first-order valence-corrected chi connectivity index (χ1v) is 12.1. The van der Waals surface area contributed by atoms with Crippen LogP contribution in [-0.2, 0) is 6.61 Å². The van der Waals surface area contributed by atoms with Gasteiger partial charge < -0.3 is 14.6 Å². The van der Waals surface area contributed by atoms with Crippen molar-refractivity contribution in [1.82, 2.24) is 5.43 Å². The van der Waals surface area contributed by atoms with E-state index in [1.807, 2.05) is 24.3 Å². The predicted octanol–water partition coefficient (Wildman–Crippen LogP) is 6.26. The van der Waals surface area contributed by atoms with Gasteiger partial charge in [-0.2, -0.15) is 5.10 Å². The number of nitrogens with zero attached hydrogens (tertiary/aromatic N) is 1. The van der Waals surface area contributed by atoms with Crippen LogP contribution in [0.5, 0.6) is 17.2 Å². The van der Waals surface area contributed by atoms with Gasteiger partial charge in [0.15, 0.2) is 11.5 Å². The molecule has 0 spiro atoms. The van der Waals surface area contributed by atoms with Crippen molar-refractivity contribution in [2.24, 2.45) is 5.10 Å². The Labute approximate surface area is 218 Å². The van der Waals surface area contributed by atoms with Gasteiger partial charge in [-0.15, -0.1) is 0 Å². The molecule has 34 heavy (non-hydrogen) atoms. The van der Waals surface area contributed by atoms with Gasteiger partial charge in [0.05, 0.1) is 22.5 Å². The molecule has 172 valence electrons. The highest BCUT2D eigenvalue weighted by molar-refractivity contribution is 14.1. The van der Waals surface area contributed by atoms with Crippen molar-refractivity contribution in [1.29, 1.82) is 0 Å². The molecular weight excluding hydrogens is 611 g/mol. The molecule has 0 saturated heterocycles. The Bertz CT molecular complexity index is 1390. The first kappa shape index (κ1) is 24.0. The van der Waals surface area contributed by atoms with Crippen LogP contribution in [0, 0.1) is 3.57 Å². The lowest BCUT2D eigenvalue weighted by Crippen LogP contribution is -2.17. The van der Waals surface area contributed by atoms with Gasteiger partial charge in [0, 0.05) is 4.47 Å². The van der Waals surface area contributed by atoms with Gasteiger partial charge in [-0.3, -0.25) is 4.79 Å². The number of halogens is 2. The summed E-state index contributed by atoms with van der Waals surface area (Å²) in [7, 11) is 1.58. The molecule has 0 aliphatic heterocycles. The number of hydrazone groups is 1. The molecule has 0 aliphatic carbocycles. The van der Waals surface area contributed by atoms with Crippen LogP contribution in [0.2, 0.25) is 0 Å². The van der Waals surface area contributed by atoms with Crippen molar-refractivity contribution in [3.63, 3.8) is 0 Å². The number of benzene rings is 4. The van der Waals surface area contributed by atoms with E-state index in [1.54, 1.807) is 19.2 Å². The zero-order valence-corrected chi connectivity index (χ0v) is 21.8. The molecule has 4 aromatic rings. The lowest BCUT2D eigenvalue weighted by atomic mass is 10.1. The normalized spacial score (nSPS) is 11.0. The van der Waals surface area contributed by atoms with Gasteiger partial charge in [-0.1, -0.05) is 58.4 Å². The Kier molecular flexibility index (Phi) is 7.69. The molecule has 0 radical (unpaired) electrons. The third-order valence-electron chi connectivity index (χ3n) is 5.09. The number of carbonyl (C=O) groups is 1. The number of hydrogen-bond donors (Lipinski definition) is 2. The molecule has 0 aliphatic rings. The number of rotatable bonds is 7. The maximum atomic E-state index is 12.3. The van der Waals surface area contributed by atoms with E-state index in [-0.39, 0.29) is 11.3 Å². The van der Waals surface area contributed by atoms with Gasteiger partial charge in [0.2, 0.25) is 0 Å². The number of nitrogens with one attached hydrogen (secondary N) is 1. The summed E-state index contributed by atoms with van der Waals surface area (Å²) in [6, 6.07) is 22.6. The van der Waals surface area contributed by atoms with Crippen molar-refractivity contribution in [3.8, 4) is 17.2 Å². The maximum absolute atomic E-state index is 12.3. The third-order valence-corrected chi connectivity index (χ3v) is 6.38. The van der Waals surface area contributed by atoms with Crippen LogP contribution in [0.3, 0.4) is 0 Å². The van der Waals surface area contributed by atoms with E-state index in [2.05, 4.69) is 73.3 Å². The second-order valence-corrected chi connectivity index (χ2v) is 9.40. The monoisotopic (exact) mass is 630 g/mol. The quantitative estimate of drug-likeness (QED) is 0.143. The van der Waals surface area contributed by atoms with Crippen LogP contribution in [0.25, 0.3) is 10.8 Å². The highest BCUT2D eigenvalue weighted by atomic mass is 127. The third kappa shape index (κ3) is 5.51. The number of fused-ring (bicyclic) bond motifs is 1. The lowest BCUT2D eigenvalue weighted by Gasteiger charge is -2.14. The molecule has 0 unspecified atom stereocenters. The van der Waals surface area contributed by atoms with Gasteiger partial charge in [-0.25, -0.2) is 5.43 Å². The van der Waals surface area contributed by atoms with E-state index in [4.69, 9.17) is 9.47 Å². The SMILES string of the molecule is COc1cc(/C=N\NC(=O)c2cc(Br)ccc2O)cc(I)c1OCc1cccc2ccccc12. The number of methoxy groups -OCH3 is 1. The number of phenols is 1. The van der Waals surface area contributed by atoms with E-state index in [9.17, 15) is 9.90 Å². The fraction of sp³-hybridized carbons (Fsp3) is 0.0769. The van der Waals surface area contributed by atoms with Gasteiger partial charge in [0.1, 0.15) is 12.4 Å². The molecule has 0 saturated carbocycles. The van der Waals surface area contributed by atoms with Crippen LogP contribution in [0.1, 0.15) is 21.5 Å². The molecule has 0 atom stereocenters. The average molecular weight is 631 g/mol. The van der Waals surface area contributed by atoms with Crippen LogP contribution in [0.15, 0.2) is 82.4 Å². The van der Waals surface area contributed by atoms with E-state index in [1.165, 1.54) is 18.3 Å². The minimum atomic E-state index is -0.522. The van der Waals surface area contributed by atoms with E-state index in [0.29, 0.717) is 22.6 Å². The highest BCUT2D eigenvalue weighted by Gasteiger charge is 2.13. The molecule has 6 nitrogen and oxygen atoms in total. The summed E-state index contributed by atoms with van der Waals surface area (Å²) in [5.74, 6) is 0.549. The summed E-state index contributed by atoms with van der Waals surface area (Å²) >= 11 is 5.47. The molecule has 0 fully saturated rings. The summed E-state index contributed by atoms with van der Waals surface area (Å²) in [5.41, 5.74) is 4.35. The molecule has 2 N–H and O–H groups in total. The largest absolute Gasteiger partial charge is 0.507 e. The summed E-state index contributed by atoms with van der Waals surface area (Å²) in [6.07, 6.45) is 1.51. The minimum absolute atomic E-state index is 0.121. The number of carbonyl (C=O) groups excluding carboxylic acids is 1. The number of hydrogen-bond acceptors (Lipinski definition) is 5. The Morgan fingerprint density at radius 1 is 1.12 bits per heavy atom. The minimum Gasteiger partial charge on any atom is -0.507 e. The van der Waals surface area contributed by atoms with Gasteiger partial charge in [-0.05, 0) is 74.8 Å². The molecular formula is C26H20BrIN2O4. The Morgan fingerprint density at radius 3 is 2.74 bits per heavy atom. The van der Waals surface area contributed by atoms with Crippen molar-refractivity contribution < 1.29 is 19.4 Å². The molecule has 1 amide bonds. The van der Waals surface area contributed by atoms with Crippen LogP contribution >= 0.6 is 38.5 Å². The zero-order valence-electron chi connectivity index (χ0n) is 18.1. The van der Waals surface area contributed by atoms with Crippen molar-refractivity contribution in [2.75, 3.05) is 7.11 Å². The molecule has 4 rings (SSSR count). The molecule has 0 heterocycles. The summed E-state index contributed by atoms with van der Waals surface area (Å²) in [6.45, 7) is 0.396. The first-order chi connectivity index (χ1) is 16.5. The summed E-state index contributed by atoms with van der Waals surface area (Å²) < 4.78 is 13.2. The molecule has 4 aromatic carbocycles. The second-order valence-electron chi connectivity index (χ2n) is 7.32. The first-order valence-electron chi connectivity index (χ1n) is 10.2. The number of aromatic hydroxyl groups is 1. The van der Waals surface area contributed by atoms with Gasteiger partial charge >= 0.3 is 0 Å². The fourth-order valence-corrected chi connectivity index (χ4v) is 4.58. The fourth-order valence-electron chi connectivity index (χ4n) is 3.44. The van der Waals surface area contributed by atoms with Gasteiger partial charge in [0.25, 0.3) is 5.91 Å². The van der Waals surface area contributed by atoms with Crippen molar-refractivity contribution in [3.05, 3.63) is 97.5 Å². The maximum Gasteiger partial charge on any atom is 0.275 e. The van der Waals surface area contributed by atoms with E-state index >= 15 is 0 Å². The summed E-state index contributed by atoms with van der Waals surface area (Å²) in [5, 5.41) is 16.2. The topological polar surface area (TPSA) is 80.2 Å². The molecule has 8 heteroatoms. The summed E-state index contributed by atoms with van der Waals surface area (Å²) in [4.78, 5) is 12.3. The van der Waals surface area contributed by atoms with Crippen LogP contribution in [-0.4, -0.2) is 24.3 Å². The zero-order chi connectivity index (χ0) is 24.1. The lowest BCUT2D eigenvalue weighted by molar-refractivity contribution is 0.0952.